The zero-order chi connectivity index (χ0) is 13.7. The Labute approximate surface area is 118 Å². The maximum atomic E-state index is 11.9. The Morgan fingerprint density at radius 1 is 1.47 bits per heavy atom. The number of amides is 1. The quantitative estimate of drug-likeness (QED) is 0.859. The van der Waals surface area contributed by atoms with Gasteiger partial charge in [0.05, 0.1) is 13.2 Å². The van der Waals surface area contributed by atoms with Crippen LogP contribution in [0.4, 0.5) is 0 Å². The minimum atomic E-state index is -0.0275. The molecule has 1 saturated heterocycles. The van der Waals surface area contributed by atoms with Crippen LogP contribution in [-0.2, 0) is 11.3 Å². The summed E-state index contributed by atoms with van der Waals surface area (Å²) in [4.78, 5) is 13.9. The lowest BCUT2D eigenvalue weighted by molar-refractivity contribution is -0.122. The zero-order valence-electron chi connectivity index (χ0n) is 10.8. The van der Waals surface area contributed by atoms with Crippen molar-refractivity contribution in [3.8, 4) is 0 Å². The lowest BCUT2D eigenvalue weighted by atomic mass is 10.2. The number of aliphatic hydroxyl groups excluding tert-OH is 1. The highest BCUT2D eigenvalue weighted by Crippen LogP contribution is 2.16. The molecule has 1 fully saturated rings. The van der Waals surface area contributed by atoms with Crippen molar-refractivity contribution in [1.82, 2.24) is 10.2 Å². The summed E-state index contributed by atoms with van der Waals surface area (Å²) in [5.41, 5.74) is 0.914. The highest BCUT2D eigenvalue weighted by molar-refractivity contribution is 6.31. The van der Waals surface area contributed by atoms with E-state index in [-0.39, 0.29) is 18.6 Å². The maximum absolute atomic E-state index is 11.9. The first-order chi connectivity index (χ1) is 9.20. The van der Waals surface area contributed by atoms with Crippen molar-refractivity contribution in [2.45, 2.75) is 25.4 Å². The molecule has 1 atom stereocenters. The summed E-state index contributed by atoms with van der Waals surface area (Å²) in [7, 11) is 0. The van der Waals surface area contributed by atoms with Gasteiger partial charge in [0.1, 0.15) is 0 Å². The van der Waals surface area contributed by atoms with Crippen LogP contribution in [0.3, 0.4) is 0 Å². The smallest absolute Gasteiger partial charge is 0.234 e. The molecule has 2 rings (SSSR count). The summed E-state index contributed by atoms with van der Waals surface area (Å²) in [5.74, 6) is -0.0275. The fourth-order valence-electron chi connectivity index (χ4n) is 2.39. The minimum absolute atomic E-state index is 0.0275. The lowest BCUT2D eigenvalue weighted by Gasteiger charge is -2.21. The normalized spacial score (nSPS) is 19.6. The Morgan fingerprint density at radius 3 is 3.00 bits per heavy atom. The van der Waals surface area contributed by atoms with Crippen LogP contribution < -0.4 is 5.32 Å². The summed E-state index contributed by atoms with van der Waals surface area (Å²) in [6.07, 6.45) is 2.01. The van der Waals surface area contributed by atoms with E-state index in [0.717, 1.165) is 24.9 Å². The van der Waals surface area contributed by atoms with Crippen LogP contribution in [0, 0.1) is 0 Å². The molecule has 1 heterocycles. The van der Waals surface area contributed by atoms with E-state index in [0.29, 0.717) is 18.1 Å². The SMILES string of the molecule is O=C(CN1CCC[C@@H]1CO)NCc1ccccc1Cl. The first-order valence-corrected chi connectivity index (χ1v) is 6.93. The van der Waals surface area contributed by atoms with Crippen molar-refractivity contribution in [1.29, 1.82) is 0 Å². The van der Waals surface area contributed by atoms with Crippen molar-refractivity contribution in [2.24, 2.45) is 0 Å². The van der Waals surface area contributed by atoms with Crippen molar-refractivity contribution in [3.05, 3.63) is 34.9 Å². The number of carbonyl (C=O) groups excluding carboxylic acids is 1. The first-order valence-electron chi connectivity index (χ1n) is 6.55. The van der Waals surface area contributed by atoms with Gasteiger partial charge in [0, 0.05) is 17.6 Å². The van der Waals surface area contributed by atoms with E-state index in [2.05, 4.69) is 5.32 Å². The Hall–Kier alpha value is -1.10. The number of carbonyl (C=O) groups is 1. The van der Waals surface area contributed by atoms with Gasteiger partial charge in [-0.25, -0.2) is 0 Å². The highest BCUT2D eigenvalue weighted by atomic mass is 35.5. The predicted molar refractivity (Wildman–Crippen MR) is 75.0 cm³/mol. The third-order valence-corrected chi connectivity index (χ3v) is 3.86. The molecule has 1 aromatic rings. The second kappa shape index (κ2) is 6.89. The van der Waals surface area contributed by atoms with Gasteiger partial charge in [0.15, 0.2) is 0 Å². The minimum Gasteiger partial charge on any atom is -0.395 e. The zero-order valence-corrected chi connectivity index (χ0v) is 11.6. The molecule has 5 heteroatoms. The van der Waals surface area contributed by atoms with Crippen molar-refractivity contribution in [2.75, 3.05) is 19.7 Å². The predicted octanol–water partition coefficient (Wildman–Crippen LogP) is 1.41. The molecule has 1 aromatic carbocycles. The highest BCUT2D eigenvalue weighted by Gasteiger charge is 2.25. The summed E-state index contributed by atoms with van der Waals surface area (Å²) in [5, 5.41) is 12.7. The van der Waals surface area contributed by atoms with E-state index in [1.807, 2.05) is 29.2 Å². The number of nitrogens with zero attached hydrogens (tertiary/aromatic N) is 1. The molecule has 0 bridgehead atoms. The summed E-state index contributed by atoms with van der Waals surface area (Å²) >= 11 is 6.03. The molecule has 2 N–H and O–H groups in total. The standard InChI is InChI=1S/C14H19ClN2O2/c15-13-6-2-1-4-11(13)8-16-14(19)9-17-7-3-5-12(17)10-18/h1-2,4,6,12,18H,3,5,7-10H2,(H,16,19)/t12-/m1/s1. The molecule has 0 aromatic heterocycles. The van der Waals surface area contributed by atoms with Crippen molar-refractivity contribution < 1.29 is 9.90 Å². The molecule has 4 nitrogen and oxygen atoms in total. The Morgan fingerprint density at radius 2 is 2.26 bits per heavy atom. The van der Waals surface area contributed by atoms with Crippen LogP contribution in [0.15, 0.2) is 24.3 Å². The number of hydrogen-bond acceptors (Lipinski definition) is 3. The molecule has 1 amide bonds. The molecule has 0 spiro atoms. The van der Waals surface area contributed by atoms with Gasteiger partial charge in [0.25, 0.3) is 0 Å². The molecule has 19 heavy (non-hydrogen) atoms. The fourth-order valence-corrected chi connectivity index (χ4v) is 2.59. The van der Waals surface area contributed by atoms with Crippen molar-refractivity contribution in [3.63, 3.8) is 0 Å². The monoisotopic (exact) mass is 282 g/mol. The summed E-state index contributed by atoms with van der Waals surface area (Å²) in [6.45, 7) is 1.79. The molecular weight excluding hydrogens is 264 g/mol. The molecule has 1 aliphatic heterocycles. The number of likely N-dealkylation sites (tertiary alicyclic amines) is 1. The number of nitrogens with one attached hydrogen (secondary N) is 1. The number of hydrogen-bond donors (Lipinski definition) is 2. The number of benzene rings is 1. The summed E-state index contributed by atoms with van der Waals surface area (Å²) in [6, 6.07) is 7.60. The summed E-state index contributed by atoms with van der Waals surface area (Å²) < 4.78 is 0. The number of halogens is 1. The van der Waals surface area contributed by atoms with Gasteiger partial charge in [0.2, 0.25) is 5.91 Å². The van der Waals surface area contributed by atoms with Crippen molar-refractivity contribution >= 4 is 17.5 Å². The van der Waals surface area contributed by atoms with Crippen LogP contribution in [-0.4, -0.2) is 41.7 Å². The topological polar surface area (TPSA) is 52.6 Å². The average molecular weight is 283 g/mol. The molecule has 0 radical (unpaired) electrons. The van der Waals surface area contributed by atoms with Crippen LogP contribution in [0.1, 0.15) is 18.4 Å². The molecule has 0 saturated carbocycles. The molecule has 0 unspecified atom stereocenters. The number of rotatable bonds is 5. The van der Waals surface area contributed by atoms with Gasteiger partial charge in [-0.05, 0) is 31.0 Å². The second-order valence-electron chi connectivity index (χ2n) is 4.82. The van der Waals surface area contributed by atoms with Gasteiger partial charge in [-0.15, -0.1) is 0 Å². The number of aliphatic hydroxyl groups is 1. The molecule has 104 valence electrons. The Bertz CT molecular complexity index is 439. The third kappa shape index (κ3) is 3.93. The average Bonchev–Trinajstić information content (AvgIpc) is 2.85. The van der Waals surface area contributed by atoms with Gasteiger partial charge in [-0.1, -0.05) is 29.8 Å². The third-order valence-electron chi connectivity index (χ3n) is 3.49. The van der Waals surface area contributed by atoms with Crippen LogP contribution >= 0.6 is 11.6 Å². The molecular formula is C14H19ClN2O2. The Balaban J connectivity index is 1.80. The van der Waals surface area contributed by atoms with Gasteiger partial charge < -0.3 is 10.4 Å². The largest absolute Gasteiger partial charge is 0.395 e. The first kappa shape index (κ1) is 14.3. The van der Waals surface area contributed by atoms with E-state index >= 15 is 0 Å². The van der Waals surface area contributed by atoms with E-state index < -0.39 is 0 Å². The van der Waals surface area contributed by atoms with E-state index in [1.54, 1.807) is 0 Å². The van der Waals surface area contributed by atoms with E-state index in [4.69, 9.17) is 11.6 Å². The van der Waals surface area contributed by atoms with Gasteiger partial charge >= 0.3 is 0 Å². The fraction of sp³-hybridized carbons (Fsp3) is 0.500. The maximum Gasteiger partial charge on any atom is 0.234 e. The molecule has 1 aliphatic rings. The second-order valence-corrected chi connectivity index (χ2v) is 5.22. The van der Waals surface area contributed by atoms with Crippen LogP contribution in [0.25, 0.3) is 0 Å². The van der Waals surface area contributed by atoms with Crippen LogP contribution in [0.2, 0.25) is 5.02 Å². The van der Waals surface area contributed by atoms with E-state index in [1.165, 1.54) is 0 Å². The van der Waals surface area contributed by atoms with E-state index in [9.17, 15) is 9.90 Å². The van der Waals surface area contributed by atoms with Gasteiger partial charge in [-0.3, -0.25) is 9.69 Å². The molecule has 0 aliphatic carbocycles. The lowest BCUT2D eigenvalue weighted by Crippen LogP contribution is -2.40. The Kier molecular flexibility index (Phi) is 5.19. The van der Waals surface area contributed by atoms with Gasteiger partial charge in [-0.2, -0.15) is 0 Å². The van der Waals surface area contributed by atoms with Crippen LogP contribution in [0.5, 0.6) is 0 Å².